The van der Waals surface area contributed by atoms with Crippen LogP contribution in [0.25, 0.3) is 0 Å². The van der Waals surface area contributed by atoms with E-state index in [1.807, 2.05) is 0 Å². The van der Waals surface area contributed by atoms with Gasteiger partial charge in [-0.1, -0.05) is 11.6 Å². The van der Waals surface area contributed by atoms with Crippen LogP contribution in [0.5, 0.6) is 5.75 Å². The lowest BCUT2D eigenvalue weighted by Gasteiger charge is -2.16. The molecule has 102 valence electrons. The fourth-order valence-corrected chi connectivity index (χ4v) is 1.57. The molecule has 1 atom stereocenters. The van der Waals surface area contributed by atoms with Crippen molar-refractivity contribution in [2.45, 2.75) is 12.2 Å². The van der Waals surface area contributed by atoms with Crippen LogP contribution in [0.15, 0.2) is 18.2 Å². The highest BCUT2D eigenvalue weighted by molar-refractivity contribution is 6.30. The maximum absolute atomic E-state index is 11.9. The monoisotopic (exact) mass is 283 g/mol. The Morgan fingerprint density at radius 2 is 2.06 bits per heavy atom. The zero-order chi connectivity index (χ0) is 13.8. The molecule has 0 amide bonds. The van der Waals surface area contributed by atoms with Gasteiger partial charge in [-0.05, 0) is 18.2 Å². The van der Waals surface area contributed by atoms with Crippen molar-refractivity contribution in [3.8, 4) is 5.75 Å². The number of rotatable bonds is 5. The second-order valence-corrected chi connectivity index (χ2v) is 4.06. The molecule has 3 nitrogen and oxygen atoms in total. The second-order valence-electron chi connectivity index (χ2n) is 3.62. The van der Waals surface area contributed by atoms with E-state index in [9.17, 15) is 13.2 Å². The third-order valence-electron chi connectivity index (χ3n) is 2.15. The van der Waals surface area contributed by atoms with Gasteiger partial charge in [-0.25, -0.2) is 0 Å². The summed E-state index contributed by atoms with van der Waals surface area (Å²) in [4.78, 5) is 0. The molecule has 1 aromatic carbocycles. The van der Waals surface area contributed by atoms with Gasteiger partial charge in [0.1, 0.15) is 12.4 Å². The molecule has 0 saturated heterocycles. The first-order valence-electron chi connectivity index (χ1n) is 5.07. The Hall–Kier alpha value is -0.980. The van der Waals surface area contributed by atoms with Gasteiger partial charge < -0.3 is 15.2 Å². The molecule has 0 heterocycles. The molecule has 1 rings (SSSR count). The number of nitrogens with two attached hydrogens (primary N) is 1. The first-order valence-corrected chi connectivity index (χ1v) is 5.45. The summed E-state index contributed by atoms with van der Waals surface area (Å²) in [7, 11) is 1.44. The summed E-state index contributed by atoms with van der Waals surface area (Å²) >= 11 is 5.79. The van der Waals surface area contributed by atoms with Gasteiger partial charge in [0.2, 0.25) is 0 Å². The highest BCUT2D eigenvalue weighted by atomic mass is 35.5. The topological polar surface area (TPSA) is 44.5 Å². The number of hydrogen-bond donors (Lipinski definition) is 1. The van der Waals surface area contributed by atoms with Crippen LogP contribution >= 0.6 is 11.6 Å². The first-order chi connectivity index (χ1) is 8.33. The van der Waals surface area contributed by atoms with Gasteiger partial charge in [-0.15, -0.1) is 0 Å². The quantitative estimate of drug-likeness (QED) is 0.904. The minimum Gasteiger partial charge on any atom is -0.496 e. The third kappa shape index (κ3) is 4.72. The highest BCUT2D eigenvalue weighted by Crippen LogP contribution is 2.27. The lowest BCUT2D eigenvalue weighted by Crippen LogP contribution is -2.23. The summed E-state index contributed by atoms with van der Waals surface area (Å²) in [6, 6.07) is 4.01. The Morgan fingerprint density at radius 1 is 1.39 bits per heavy atom. The molecule has 0 aliphatic carbocycles. The van der Waals surface area contributed by atoms with Crippen LogP contribution in [0.1, 0.15) is 11.6 Å². The molecule has 0 aromatic heterocycles. The number of ether oxygens (including phenoxy) is 2. The summed E-state index contributed by atoms with van der Waals surface area (Å²) in [5, 5.41) is 0.428. The molecular weight excluding hydrogens is 271 g/mol. The normalized spacial score (nSPS) is 13.4. The van der Waals surface area contributed by atoms with Crippen LogP contribution in [0, 0.1) is 0 Å². The molecule has 7 heteroatoms. The van der Waals surface area contributed by atoms with Crippen LogP contribution in [0.3, 0.4) is 0 Å². The largest absolute Gasteiger partial charge is 0.496 e. The summed E-state index contributed by atoms with van der Waals surface area (Å²) in [6.45, 7) is -1.60. The van der Waals surface area contributed by atoms with Crippen molar-refractivity contribution in [1.82, 2.24) is 0 Å². The minimum absolute atomic E-state index is 0.268. The Kier molecular flexibility index (Phi) is 5.25. The van der Waals surface area contributed by atoms with Crippen LogP contribution in [0.2, 0.25) is 5.02 Å². The number of hydrogen-bond acceptors (Lipinski definition) is 3. The molecule has 0 aliphatic rings. The van der Waals surface area contributed by atoms with Crippen molar-refractivity contribution in [3.05, 3.63) is 28.8 Å². The molecule has 18 heavy (non-hydrogen) atoms. The predicted octanol–water partition coefficient (Wildman–Crippen LogP) is 2.93. The Balaban J connectivity index is 2.66. The smallest absolute Gasteiger partial charge is 0.411 e. The Labute approximate surface area is 108 Å². The molecule has 0 saturated carbocycles. The zero-order valence-corrected chi connectivity index (χ0v) is 10.4. The van der Waals surface area contributed by atoms with Crippen molar-refractivity contribution < 1.29 is 22.6 Å². The van der Waals surface area contributed by atoms with Gasteiger partial charge in [-0.2, -0.15) is 13.2 Å². The van der Waals surface area contributed by atoms with E-state index in [-0.39, 0.29) is 6.61 Å². The van der Waals surface area contributed by atoms with Crippen LogP contribution in [0.4, 0.5) is 13.2 Å². The molecule has 2 N–H and O–H groups in total. The average molecular weight is 284 g/mol. The van der Waals surface area contributed by atoms with Gasteiger partial charge in [-0.3, -0.25) is 0 Å². The number of benzene rings is 1. The van der Waals surface area contributed by atoms with Crippen molar-refractivity contribution in [2.75, 3.05) is 20.3 Å². The lowest BCUT2D eigenvalue weighted by atomic mass is 10.1. The van der Waals surface area contributed by atoms with E-state index in [1.54, 1.807) is 18.2 Å². The summed E-state index contributed by atoms with van der Waals surface area (Å²) in [5.74, 6) is 0.461. The molecule has 1 aromatic rings. The molecular formula is C11H13ClF3NO2. The van der Waals surface area contributed by atoms with Gasteiger partial charge in [0.15, 0.2) is 0 Å². The number of methoxy groups -OCH3 is 1. The van der Waals surface area contributed by atoms with Gasteiger partial charge >= 0.3 is 6.18 Å². The number of alkyl halides is 3. The standard InChI is InChI=1S/C11H13ClF3NO2/c1-17-10-3-2-7(12)4-8(10)9(16)5-18-6-11(13,14)15/h2-4,9H,5-6,16H2,1H3. The van der Waals surface area contributed by atoms with Crippen molar-refractivity contribution in [2.24, 2.45) is 5.73 Å². The Bertz CT molecular complexity index is 398. The van der Waals surface area contributed by atoms with Crippen LogP contribution < -0.4 is 10.5 Å². The van der Waals surface area contributed by atoms with Crippen molar-refractivity contribution >= 4 is 11.6 Å². The third-order valence-corrected chi connectivity index (χ3v) is 2.39. The molecule has 1 unspecified atom stereocenters. The van der Waals surface area contributed by atoms with Gasteiger partial charge in [0.25, 0.3) is 0 Å². The maximum Gasteiger partial charge on any atom is 0.411 e. The maximum atomic E-state index is 11.9. The van der Waals surface area contributed by atoms with Gasteiger partial charge in [0.05, 0.1) is 19.8 Å². The average Bonchev–Trinajstić information content (AvgIpc) is 2.27. The predicted molar refractivity (Wildman–Crippen MR) is 61.8 cm³/mol. The summed E-state index contributed by atoms with van der Waals surface area (Å²) < 4.78 is 45.3. The van der Waals surface area contributed by atoms with E-state index in [4.69, 9.17) is 22.1 Å². The van der Waals surface area contributed by atoms with Crippen LogP contribution in [-0.4, -0.2) is 26.5 Å². The minimum atomic E-state index is -4.36. The lowest BCUT2D eigenvalue weighted by molar-refractivity contribution is -0.174. The van der Waals surface area contributed by atoms with E-state index in [0.717, 1.165) is 0 Å². The van der Waals surface area contributed by atoms with Crippen LogP contribution in [-0.2, 0) is 4.74 Å². The van der Waals surface area contributed by atoms with E-state index >= 15 is 0 Å². The molecule has 0 fully saturated rings. The summed E-state index contributed by atoms with van der Waals surface area (Å²) in [6.07, 6.45) is -4.36. The van der Waals surface area contributed by atoms with Gasteiger partial charge in [0, 0.05) is 10.6 Å². The Morgan fingerprint density at radius 3 is 2.61 bits per heavy atom. The molecule has 0 radical (unpaired) electrons. The first kappa shape index (κ1) is 15.1. The fraction of sp³-hybridized carbons (Fsp3) is 0.455. The van der Waals surface area contributed by atoms with E-state index in [0.29, 0.717) is 16.3 Å². The van der Waals surface area contributed by atoms with Crippen molar-refractivity contribution in [1.29, 1.82) is 0 Å². The van der Waals surface area contributed by atoms with E-state index in [1.165, 1.54) is 7.11 Å². The molecule has 0 bridgehead atoms. The van der Waals surface area contributed by atoms with E-state index < -0.39 is 18.8 Å². The molecule has 0 spiro atoms. The summed E-state index contributed by atoms with van der Waals surface area (Å²) in [5.41, 5.74) is 6.25. The zero-order valence-electron chi connectivity index (χ0n) is 9.63. The highest BCUT2D eigenvalue weighted by Gasteiger charge is 2.28. The SMILES string of the molecule is COc1ccc(Cl)cc1C(N)COCC(F)(F)F. The van der Waals surface area contributed by atoms with Crippen molar-refractivity contribution in [3.63, 3.8) is 0 Å². The molecule has 0 aliphatic heterocycles. The fourth-order valence-electron chi connectivity index (χ4n) is 1.39. The number of halogens is 4. The second kappa shape index (κ2) is 6.26. The van der Waals surface area contributed by atoms with E-state index in [2.05, 4.69) is 4.74 Å².